The number of hydrogen-bond donors (Lipinski definition) is 2. The number of nitrogens with one attached hydrogen (secondary N) is 1. The Morgan fingerprint density at radius 2 is 2.00 bits per heavy atom. The summed E-state index contributed by atoms with van der Waals surface area (Å²) in [5.74, 6) is 0. The van der Waals surface area contributed by atoms with Crippen molar-refractivity contribution >= 4 is 0 Å². The first kappa shape index (κ1) is 15.9. The minimum absolute atomic E-state index is 0.364. The maximum Gasteiger partial charge on any atom is 0.0897 e. The van der Waals surface area contributed by atoms with Gasteiger partial charge in [-0.3, -0.25) is 0 Å². The van der Waals surface area contributed by atoms with Crippen LogP contribution in [-0.2, 0) is 4.74 Å². The largest absolute Gasteiger partial charge is 0.389 e. The van der Waals surface area contributed by atoms with Crippen LogP contribution in [-0.4, -0.2) is 37.0 Å². The Hall–Kier alpha value is -0.120. The van der Waals surface area contributed by atoms with Gasteiger partial charge in [0.25, 0.3) is 0 Å². The third-order valence-corrected chi connectivity index (χ3v) is 3.93. The molecule has 1 atom stereocenters. The lowest BCUT2D eigenvalue weighted by atomic mass is 9.75. The van der Waals surface area contributed by atoms with E-state index in [4.69, 9.17) is 4.74 Å². The molecule has 0 spiro atoms. The zero-order valence-electron chi connectivity index (χ0n) is 12.4. The van der Waals surface area contributed by atoms with Crippen molar-refractivity contribution in [3.05, 3.63) is 0 Å². The lowest BCUT2D eigenvalue weighted by Gasteiger charge is -2.35. The van der Waals surface area contributed by atoms with Crippen LogP contribution >= 0.6 is 0 Å². The SMILES string of the molecule is CCCCOCC(O)CNC1CCC(C)(C)CC1. The van der Waals surface area contributed by atoms with Gasteiger partial charge >= 0.3 is 0 Å². The topological polar surface area (TPSA) is 41.5 Å². The van der Waals surface area contributed by atoms with E-state index in [1.165, 1.54) is 25.7 Å². The van der Waals surface area contributed by atoms with Gasteiger partial charge in [-0.25, -0.2) is 0 Å². The Morgan fingerprint density at radius 1 is 1.33 bits per heavy atom. The third-order valence-electron chi connectivity index (χ3n) is 3.93. The minimum atomic E-state index is -0.364. The number of aliphatic hydroxyl groups is 1. The predicted octanol–water partition coefficient (Wildman–Crippen LogP) is 2.72. The van der Waals surface area contributed by atoms with Crippen molar-refractivity contribution in [2.75, 3.05) is 19.8 Å². The standard InChI is InChI=1S/C15H31NO2/c1-4-5-10-18-12-14(17)11-16-13-6-8-15(2,3)9-7-13/h13-14,16-17H,4-12H2,1-3H3. The van der Waals surface area contributed by atoms with Gasteiger partial charge in [0.1, 0.15) is 0 Å². The van der Waals surface area contributed by atoms with Crippen molar-refractivity contribution in [2.24, 2.45) is 5.41 Å². The second kappa shape index (κ2) is 8.13. The maximum atomic E-state index is 9.79. The predicted molar refractivity (Wildman–Crippen MR) is 75.8 cm³/mol. The summed E-state index contributed by atoms with van der Waals surface area (Å²) in [6, 6.07) is 0.586. The van der Waals surface area contributed by atoms with E-state index in [-0.39, 0.29) is 6.10 Å². The van der Waals surface area contributed by atoms with E-state index in [0.29, 0.717) is 24.6 Å². The highest BCUT2D eigenvalue weighted by atomic mass is 16.5. The minimum Gasteiger partial charge on any atom is -0.389 e. The average molecular weight is 257 g/mol. The van der Waals surface area contributed by atoms with Gasteiger partial charge in [0.2, 0.25) is 0 Å². The molecule has 0 aromatic heterocycles. The Bertz CT molecular complexity index is 209. The molecule has 1 unspecified atom stereocenters. The molecule has 0 amide bonds. The fourth-order valence-electron chi connectivity index (χ4n) is 2.43. The summed E-state index contributed by atoms with van der Waals surface area (Å²) in [7, 11) is 0. The van der Waals surface area contributed by atoms with Crippen LogP contribution < -0.4 is 5.32 Å². The van der Waals surface area contributed by atoms with Crippen LogP contribution in [0.1, 0.15) is 59.3 Å². The van der Waals surface area contributed by atoms with Gasteiger partial charge in [-0.15, -0.1) is 0 Å². The number of rotatable bonds is 8. The molecule has 1 aliphatic carbocycles. The molecule has 1 saturated carbocycles. The summed E-state index contributed by atoms with van der Waals surface area (Å²) in [6.45, 7) is 8.73. The highest BCUT2D eigenvalue weighted by Crippen LogP contribution is 2.34. The van der Waals surface area contributed by atoms with E-state index in [0.717, 1.165) is 19.4 Å². The number of hydrogen-bond acceptors (Lipinski definition) is 3. The van der Waals surface area contributed by atoms with Crippen LogP contribution in [0.15, 0.2) is 0 Å². The number of unbranched alkanes of at least 4 members (excludes halogenated alkanes) is 1. The van der Waals surface area contributed by atoms with Gasteiger partial charge in [-0.05, 0) is 37.5 Å². The molecule has 0 heterocycles. The molecule has 3 heteroatoms. The highest BCUT2D eigenvalue weighted by molar-refractivity contribution is 4.82. The third kappa shape index (κ3) is 6.72. The Morgan fingerprint density at radius 3 is 2.61 bits per heavy atom. The van der Waals surface area contributed by atoms with Crippen molar-refractivity contribution in [3.63, 3.8) is 0 Å². The molecule has 108 valence electrons. The number of aliphatic hydroxyl groups excluding tert-OH is 1. The fraction of sp³-hybridized carbons (Fsp3) is 1.00. The first-order valence-electron chi connectivity index (χ1n) is 7.52. The molecule has 1 aliphatic rings. The Balaban J connectivity index is 2.03. The molecule has 18 heavy (non-hydrogen) atoms. The van der Waals surface area contributed by atoms with E-state index >= 15 is 0 Å². The smallest absolute Gasteiger partial charge is 0.0897 e. The molecule has 0 bridgehead atoms. The first-order valence-corrected chi connectivity index (χ1v) is 7.52. The van der Waals surface area contributed by atoms with Crippen molar-refractivity contribution in [1.29, 1.82) is 0 Å². The molecule has 0 aliphatic heterocycles. The molecule has 2 N–H and O–H groups in total. The molecule has 0 saturated heterocycles. The second-order valence-corrected chi connectivity index (χ2v) is 6.43. The summed E-state index contributed by atoms with van der Waals surface area (Å²) in [5.41, 5.74) is 0.514. The van der Waals surface area contributed by atoms with E-state index in [9.17, 15) is 5.11 Å². The lowest BCUT2D eigenvalue weighted by Crippen LogP contribution is -2.40. The van der Waals surface area contributed by atoms with Crippen molar-refractivity contribution < 1.29 is 9.84 Å². The highest BCUT2D eigenvalue weighted by Gasteiger charge is 2.26. The van der Waals surface area contributed by atoms with Gasteiger partial charge < -0.3 is 15.2 Å². The van der Waals surface area contributed by atoms with Crippen molar-refractivity contribution in [3.8, 4) is 0 Å². The molecule has 0 radical (unpaired) electrons. The summed E-state index contributed by atoms with van der Waals surface area (Å²) >= 11 is 0. The summed E-state index contributed by atoms with van der Waals surface area (Å²) < 4.78 is 5.42. The molecular weight excluding hydrogens is 226 g/mol. The number of ether oxygens (including phenoxy) is 1. The molecular formula is C15H31NO2. The second-order valence-electron chi connectivity index (χ2n) is 6.43. The van der Waals surface area contributed by atoms with Gasteiger partial charge in [0.15, 0.2) is 0 Å². The zero-order valence-corrected chi connectivity index (χ0v) is 12.4. The summed E-state index contributed by atoms with van der Waals surface area (Å²) in [5, 5.41) is 13.3. The molecule has 1 fully saturated rings. The maximum absolute atomic E-state index is 9.79. The first-order chi connectivity index (χ1) is 8.53. The van der Waals surface area contributed by atoms with Crippen LogP contribution in [0.2, 0.25) is 0 Å². The molecule has 3 nitrogen and oxygen atoms in total. The molecule has 0 aromatic rings. The molecule has 0 aromatic carbocycles. The van der Waals surface area contributed by atoms with Gasteiger partial charge in [-0.2, -0.15) is 0 Å². The van der Waals surface area contributed by atoms with Gasteiger partial charge in [-0.1, -0.05) is 27.2 Å². The summed E-state index contributed by atoms with van der Waals surface area (Å²) in [6.07, 6.45) is 6.90. The van der Waals surface area contributed by atoms with Crippen LogP contribution in [0, 0.1) is 5.41 Å². The van der Waals surface area contributed by atoms with Gasteiger partial charge in [0.05, 0.1) is 12.7 Å². The fourth-order valence-corrected chi connectivity index (χ4v) is 2.43. The van der Waals surface area contributed by atoms with E-state index in [2.05, 4.69) is 26.1 Å². The monoisotopic (exact) mass is 257 g/mol. The lowest BCUT2D eigenvalue weighted by molar-refractivity contribution is 0.0331. The average Bonchev–Trinajstić information content (AvgIpc) is 2.33. The van der Waals surface area contributed by atoms with Gasteiger partial charge in [0, 0.05) is 19.2 Å². The Labute approximate surface area is 112 Å². The normalized spacial score (nSPS) is 22.0. The quantitative estimate of drug-likeness (QED) is 0.657. The van der Waals surface area contributed by atoms with Crippen LogP contribution in [0.25, 0.3) is 0 Å². The summed E-state index contributed by atoms with van der Waals surface area (Å²) in [4.78, 5) is 0. The van der Waals surface area contributed by atoms with E-state index in [1.54, 1.807) is 0 Å². The van der Waals surface area contributed by atoms with Crippen LogP contribution in [0.3, 0.4) is 0 Å². The van der Waals surface area contributed by atoms with E-state index < -0.39 is 0 Å². The van der Waals surface area contributed by atoms with Crippen molar-refractivity contribution in [1.82, 2.24) is 5.32 Å². The van der Waals surface area contributed by atoms with Crippen LogP contribution in [0.4, 0.5) is 0 Å². The van der Waals surface area contributed by atoms with Crippen LogP contribution in [0.5, 0.6) is 0 Å². The molecule has 1 rings (SSSR count). The van der Waals surface area contributed by atoms with Crippen molar-refractivity contribution in [2.45, 2.75) is 71.4 Å². The zero-order chi connectivity index (χ0) is 13.4. The van der Waals surface area contributed by atoms with E-state index in [1.807, 2.05) is 0 Å². The Kier molecular flexibility index (Phi) is 7.20.